The summed E-state index contributed by atoms with van der Waals surface area (Å²) in [7, 11) is 0. The fourth-order valence-electron chi connectivity index (χ4n) is 1.83. The van der Waals surface area contributed by atoms with E-state index in [4.69, 9.17) is 5.26 Å². The molecule has 2 aromatic rings. The molecule has 0 aliphatic carbocycles. The molecule has 0 aliphatic rings. The predicted molar refractivity (Wildman–Crippen MR) is 70.2 cm³/mol. The summed E-state index contributed by atoms with van der Waals surface area (Å²) in [5, 5.41) is 11.5. The zero-order valence-electron chi connectivity index (χ0n) is 10.4. The summed E-state index contributed by atoms with van der Waals surface area (Å²) < 4.78 is 27.3. The molecule has 0 fully saturated rings. The second-order valence-corrected chi connectivity index (χ2v) is 4.04. The minimum absolute atomic E-state index is 0.0254. The van der Waals surface area contributed by atoms with Crippen molar-refractivity contribution >= 4 is 11.4 Å². The summed E-state index contributed by atoms with van der Waals surface area (Å²) in [6.07, 6.45) is 0.781. The zero-order valence-corrected chi connectivity index (χ0v) is 10.4. The van der Waals surface area contributed by atoms with Crippen molar-refractivity contribution in [1.29, 1.82) is 5.26 Å². The van der Waals surface area contributed by atoms with Gasteiger partial charge in [0, 0.05) is 5.69 Å². The van der Waals surface area contributed by atoms with E-state index in [1.165, 1.54) is 12.1 Å². The molecule has 0 unspecified atom stereocenters. The first-order valence-corrected chi connectivity index (χ1v) is 5.90. The van der Waals surface area contributed by atoms with E-state index in [0.29, 0.717) is 0 Å². The highest BCUT2D eigenvalue weighted by Gasteiger charge is 2.13. The molecule has 1 N–H and O–H groups in total. The van der Waals surface area contributed by atoms with Crippen LogP contribution in [0, 0.1) is 23.0 Å². The van der Waals surface area contributed by atoms with E-state index in [2.05, 4.69) is 5.32 Å². The van der Waals surface area contributed by atoms with Gasteiger partial charge in [-0.2, -0.15) is 5.26 Å². The highest BCUT2D eigenvalue weighted by molar-refractivity contribution is 5.64. The fraction of sp³-hybridized carbons (Fsp3) is 0.133. The third kappa shape index (κ3) is 2.55. The van der Waals surface area contributed by atoms with Gasteiger partial charge in [0.15, 0.2) is 11.6 Å². The maximum absolute atomic E-state index is 13.8. The number of hydrogen-bond donors (Lipinski definition) is 1. The van der Waals surface area contributed by atoms with E-state index in [0.717, 1.165) is 17.7 Å². The van der Waals surface area contributed by atoms with Gasteiger partial charge in [-0.05, 0) is 30.2 Å². The maximum atomic E-state index is 13.8. The molecule has 2 rings (SSSR count). The van der Waals surface area contributed by atoms with Crippen LogP contribution < -0.4 is 5.32 Å². The fourth-order valence-corrected chi connectivity index (χ4v) is 1.83. The SMILES string of the molecule is CCc1ccccc1Nc1ccc(C#N)c(F)c1F. The number of nitriles is 1. The summed E-state index contributed by atoms with van der Waals surface area (Å²) >= 11 is 0. The van der Waals surface area contributed by atoms with Crippen molar-refractivity contribution < 1.29 is 8.78 Å². The van der Waals surface area contributed by atoms with Gasteiger partial charge >= 0.3 is 0 Å². The van der Waals surface area contributed by atoms with Gasteiger partial charge in [-0.3, -0.25) is 0 Å². The number of nitrogens with zero attached hydrogens (tertiary/aromatic N) is 1. The summed E-state index contributed by atoms with van der Waals surface area (Å²) in [5.74, 6) is -2.16. The van der Waals surface area contributed by atoms with Crippen LogP contribution in [0.3, 0.4) is 0 Å². The largest absolute Gasteiger partial charge is 0.353 e. The molecule has 0 spiro atoms. The van der Waals surface area contributed by atoms with Crippen molar-refractivity contribution in [2.24, 2.45) is 0 Å². The van der Waals surface area contributed by atoms with Gasteiger partial charge in [0.2, 0.25) is 0 Å². The Labute approximate surface area is 110 Å². The first-order chi connectivity index (χ1) is 9.17. The molecule has 0 radical (unpaired) electrons. The van der Waals surface area contributed by atoms with E-state index in [1.807, 2.05) is 25.1 Å². The molecule has 2 aromatic carbocycles. The normalized spacial score (nSPS) is 10.0. The van der Waals surface area contributed by atoms with E-state index >= 15 is 0 Å². The molecular formula is C15H12F2N2. The van der Waals surface area contributed by atoms with E-state index < -0.39 is 11.6 Å². The molecule has 4 heteroatoms. The minimum atomic E-state index is -1.12. The predicted octanol–water partition coefficient (Wildman–Crippen LogP) is 4.14. The first kappa shape index (κ1) is 13.0. The number of benzene rings is 2. The van der Waals surface area contributed by atoms with Crippen LogP contribution in [-0.2, 0) is 6.42 Å². The summed E-state index contributed by atoms with van der Waals surface area (Å²) in [5.41, 5.74) is 1.46. The molecule has 0 bridgehead atoms. The number of rotatable bonds is 3. The molecule has 96 valence electrons. The van der Waals surface area contributed by atoms with Crippen LogP contribution in [0.1, 0.15) is 18.1 Å². The standard InChI is InChI=1S/C15H12F2N2/c1-2-10-5-3-4-6-12(10)19-13-8-7-11(9-18)14(16)15(13)17/h3-8,19H,2H2,1H3. The molecule has 0 atom stereocenters. The highest BCUT2D eigenvalue weighted by atomic mass is 19.2. The van der Waals surface area contributed by atoms with Crippen LogP contribution in [0.2, 0.25) is 0 Å². The van der Waals surface area contributed by atoms with Crippen LogP contribution in [0.25, 0.3) is 0 Å². The summed E-state index contributed by atoms with van der Waals surface area (Å²) in [6.45, 7) is 1.98. The lowest BCUT2D eigenvalue weighted by Gasteiger charge is -2.12. The summed E-state index contributed by atoms with van der Waals surface area (Å²) in [6, 6.07) is 11.7. The molecule has 0 saturated heterocycles. The average Bonchev–Trinajstić information content (AvgIpc) is 2.45. The Morgan fingerprint density at radius 2 is 1.79 bits per heavy atom. The van der Waals surface area contributed by atoms with Crippen molar-refractivity contribution in [2.45, 2.75) is 13.3 Å². The third-order valence-electron chi connectivity index (χ3n) is 2.87. The minimum Gasteiger partial charge on any atom is -0.353 e. The van der Waals surface area contributed by atoms with E-state index in [1.54, 1.807) is 12.1 Å². The Bertz CT molecular complexity index is 645. The number of para-hydroxylation sites is 1. The van der Waals surface area contributed by atoms with Crippen LogP contribution in [-0.4, -0.2) is 0 Å². The third-order valence-corrected chi connectivity index (χ3v) is 2.87. The molecule has 0 amide bonds. The lowest BCUT2D eigenvalue weighted by Crippen LogP contribution is -2.00. The second kappa shape index (κ2) is 5.49. The molecule has 2 nitrogen and oxygen atoms in total. The highest BCUT2D eigenvalue weighted by Crippen LogP contribution is 2.26. The van der Waals surface area contributed by atoms with Gasteiger partial charge < -0.3 is 5.32 Å². The van der Waals surface area contributed by atoms with E-state index in [-0.39, 0.29) is 11.3 Å². The first-order valence-electron chi connectivity index (χ1n) is 5.90. The van der Waals surface area contributed by atoms with Crippen molar-refractivity contribution in [3.8, 4) is 6.07 Å². The molecule has 0 saturated carbocycles. The van der Waals surface area contributed by atoms with E-state index in [9.17, 15) is 8.78 Å². The number of aryl methyl sites for hydroxylation is 1. The number of hydrogen-bond acceptors (Lipinski definition) is 2. The average molecular weight is 258 g/mol. The van der Waals surface area contributed by atoms with Crippen LogP contribution >= 0.6 is 0 Å². The van der Waals surface area contributed by atoms with Crippen LogP contribution in [0.5, 0.6) is 0 Å². The molecule has 0 aromatic heterocycles. The van der Waals surface area contributed by atoms with Gasteiger partial charge in [0.1, 0.15) is 6.07 Å². The molecule has 19 heavy (non-hydrogen) atoms. The Kier molecular flexibility index (Phi) is 3.76. The van der Waals surface area contributed by atoms with Crippen LogP contribution in [0.4, 0.5) is 20.2 Å². The topological polar surface area (TPSA) is 35.8 Å². The smallest absolute Gasteiger partial charge is 0.183 e. The van der Waals surface area contributed by atoms with Gasteiger partial charge in [0.05, 0.1) is 11.3 Å². The Balaban J connectivity index is 2.40. The Morgan fingerprint density at radius 3 is 2.47 bits per heavy atom. The molecule has 0 heterocycles. The quantitative estimate of drug-likeness (QED) is 0.898. The number of nitrogens with one attached hydrogen (secondary N) is 1. The molecular weight excluding hydrogens is 246 g/mol. The monoisotopic (exact) mass is 258 g/mol. The maximum Gasteiger partial charge on any atom is 0.183 e. The van der Waals surface area contributed by atoms with Gasteiger partial charge in [-0.25, -0.2) is 8.78 Å². The number of halogens is 2. The van der Waals surface area contributed by atoms with Gasteiger partial charge in [-0.1, -0.05) is 25.1 Å². The van der Waals surface area contributed by atoms with Gasteiger partial charge in [0.25, 0.3) is 0 Å². The van der Waals surface area contributed by atoms with Crippen molar-refractivity contribution in [3.05, 3.63) is 59.2 Å². The zero-order chi connectivity index (χ0) is 13.8. The van der Waals surface area contributed by atoms with Crippen molar-refractivity contribution in [1.82, 2.24) is 0 Å². The van der Waals surface area contributed by atoms with Crippen LogP contribution in [0.15, 0.2) is 36.4 Å². The van der Waals surface area contributed by atoms with Crippen molar-refractivity contribution in [2.75, 3.05) is 5.32 Å². The Morgan fingerprint density at radius 1 is 1.05 bits per heavy atom. The molecule has 0 aliphatic heterocycles. The summed E-state index contributed by atoms with van der Waals surface area (Å²) in [4.78, 5) is 0. The number of anilines is 2. The van der Waals surface area contributed by atoms with Crippen molar-refractivity contribution in [3.63, 3.8) is 0 Å². The lowest BCUT2D eigenvalue weighted by molar-refractivity contribution is 0.509. The Hall–Kier alpha value is -2.41. The van der Waals surface area contributed by atoms with Gasteiger partial charge in [-0.15, -0.1) is 0 Å². The second-order valence-electron chi connectivity index (χ2n) is 4.04. The lowest BCUT2D eigenvalue weighted by atomic mass is 10.1.